The van der Waals surface area contributed by atoms with E-state index in [1.807, 2.05) is 0 Å². The van der Waals surface area contributed by atoms with Crippen LogP contribution in [0.4, 0.5) is 5.69 Å². The molecule has 0 fully saturated rings. The Balaban J connectivity index is 2.29. The average molecular weight is 324 g/mol. The minimum atomic E-state index is -3.97. The Hall–Kier alpha value is -2.26. The fraction of sp³-hybridized carbons (Fsp3) is 0.308. The lowest BCUT2D eigenvalue weighted by molar-refractivity contribution is -0.388. The fourth-order valence-corrected chi connectivity index (χ4v) is 3.62. The first-order valence-electron chi connectivity index (χ1n) is 6.53. The molecule has 1 aromatic heterocycles. The summed E-state index contributed by atoms with van der Waals surface area (Å²) in [6.45, 7) is 3.56. The molecule has 118 valence electrons. The zero-order chi connectivity index (χ0) is 16.3. The Morgan fingerprint density at radius 2 is 2.00 bits per heavy atom. The molecule has 1 aromatic carbocycles. The van der Waals surface area contributed by atoms with E-state index in [0.29, 0.717) is 17.7 Å². The summed E-state index contributed by atoms with van der Waals surface area (Å²) in [5.74, 6) is 0. The Kier molecular flexibility index (Phi) is 4.57. The molecule has 0 aliphatic heterocycles. The van der Waals surface area contributed by atoms with Gasteiger partial charge in [0.15, 0.2) is 4.90 Å². The van der Waals surface area contributed by atoms with E-state index in [4.69, 9.17) is 0 Å². The van der Waals surface area contributed by atoms with E-state index in [0.717, 1.165) is 0 Å². The molecule has 8 nitrogen and oxygen atoms in total. The highest BCUT2D eigenvalue weighted by atomic mass is 32.2. The first-order chi connectivity index (χ1) is 10.3. The van der Waals surface area contributed by atoms with Crippen LogP contribution in [0.25, 0.3) is 0 Å². The maximum absolute atomic E-state index is 12.4. The van der Waals surface area contributed by atoms with Crippen LogP contribution >= 0.6 is 0 Å². The molecule has 0 unspecified atom stereocenters. The van der Waals surface area contributed by atoms with E-state index in [1.165, 1.54) is 19.9 Å². The Morgan fingerprint density at radius 3 is 2.59 bits per heavy atom. The highest BCUT2D eigenvalue weighted by molar-refractivity contribution is 7.89. The SMILES string of the molecule is Cc1ccc(C)c(S(=O)(=O)NCCn2ccnc2)c1[N+](=O)[O-]. The second kappa shape index (κ2) is 6.24. The number of nitro benzene ring substituents is 1. The van der Waals surface area contributed by atoms with Crippen molar-refractivity contribution in [2.24, 2.45) is 0 Å². The van der Waals surface area contributed by atoms with E-state index >= 15 is 0 Å². The third-order valence-corrected chi connectivity index (χ3v) is 4.84. The van der Waals surface area contributed by atoms with Crippen LogP contribution in [0.5, 0.6) is 0 Å². The molecule has 2 rings (SSSR count). The minimum absolute atomic E-state index is 0.114. The second-order valence-electron chi connectivity index (χ2n) is 4.83. The van der Waals surface area contributed by atoms with Crippen LogP contribution in [0.15, 0.2) is 35.7 Å². The third kappa shape index (κ3) is 3.31. The van der Waals surface area contributed by atoms with E-state index in [2.05, 4.69) is 9.71 Å². The number of sulfonamides is 1. The average Bonchev–Trinajstić information content (AvgIpc) is 2.93. The third-order valence-electron chi connectivity index (χ3n) is 3.20. The van der Waals surface area contributed by atoms with Gasteiger partial charge < -0.3 is 4.57 Å². The number of hydrogen-bond acceptors (Lipinski definition) is 5. The van der Waals surface area contributed by atoms with Crippen molar-refractivity contribution in [1.82, 2.24) is 14.3 Å². The lowest BCUT2D eigenvalue weighted by atomic mass is 10.1. The summed E-state index contributed by atoms with van der Waals surface area (Å²) in [5, 5.41) is 11.2. The Morgan fingerprint density at radius 1 is 1.32 bits per heavy atom. The molecule has 9 heteroatoms. The topological polar surface area (TPSA) is 107 Å². The molecule has 0 saturated heterocycles. The molecule has 0 aliphatic rings. The van der Waals surface area contributed by atoms with Crippen molar-refractivity contribution in [3.63, 3.8) is 0 Å². The number of aromatic nitrogens is 2. The van der Waals surface area contributed by atoms with Crippen molar-refractivity contribution < 1.29 is 13.3 Å². The number of rotatable bonds is 6. The van der Waals surface area contributed by atoms with Gasteiger partial charge in [-0.05, 0) is 19.4 Å². The van der Waals surface area contributed by atoms with Crippen LogP contribution in [-0.2, 0) is 16.6 Å². The largest absolute Gasteiger partial charge is 0.336 e. The number of benzene rings is 1. The van der Waals surface area contributed by atoms with E-state index in [-0.39, 0.29) is 17.1 Å². The lowest BCUT2D eigenvalue weighted by Gasteiger charge is -2.11. The van der Waals surface area contributed by atoms with Gasteiger partial charge in [0.2, 0.25) is 10.0 Å². The van der Waals surface area contributed by atoms with Gasteiger partial charge >= 0.3 is 0 Å². The molecule has 0 aliphatic carbocycles. The highest BCUT2D eigenvalue weighted by Gasteiger charge is 2.29. The molecule has 0 saturated carbocycles. The van der Waals surface area contributed by atoms with Crippen molar-refractivity contribution in [2.75, 3.05) is 6.54 Å². The smallest absolute Gasteiger partial charge is 0.292 e. The van der Waals surface area contributed by atoms with E-state index < -0.39 is 14.9 Å². The molecule has 0 atom stereocenters. The van der Waals surface area contributed by atoms with E-state index in [1.54, 1.807) is 29.4 Å². The predicted octanol–water partition coefficient (Wildman–Crippen LogP) is 1.39. The maximum atomic E-state index is 12.4. The molecule has 2 aromatic rings. The number of aryl methyl sites for hydroxylation is 2. The maximum Gasteiger partial charge on any atom is 0.292 e. The summed E-state index contributed by atoms with van der Waals surface area (Å²) in [4.78, 5) is 14.1. The number of nitrogens with one attached hydrogen (secondary N) is 1. The van der Waals surface area contributed by atoms with Crippen molar-refractivity contribution in [3.8, 4) is 0 Å². The fourth-order valence-electron chi connectivity index (χ4n) is 2.14. The van der Waals surface area contributed by atoms with Crippen molar-refractivity contribution in [2.45, 2.75) is 25.3 Å². The lowest BCUT2D eigenvalue weighted by Crippen LogP contribution is -2.28. The summed E-state index contributed by atoms with van der Waals surface area (Å²) in [7, 11) is -3.97. The molecular formula is C13H16N4O4S. The molecular weight excluding hydrogens is 308 g/mol. The summed E-state index contributed by atoms with van der Waals surface area (Å²) in [6, 6.07) is 3.10. The molecule has 1 N–H and O–H groups in total. The molecule has 0 spiro atoms. The monoisotopic (exact) mass is 324 g/mol. The zero-order valence-electron chi connectivity index (χ0n) is 12.2. The van der Waals surface area contributed by atoms with E-state index in [9.17, 15) is 18.5 Å². The van der Waals surface area contributed by atoms with Crippen LogP contribution in [0.1, 0.15) is 11.1 Å². The molecule has 0 radical (unpaired) electrons. The van der Waals surface area contributed by atoms with Gasteiger partial charge in [0.1, 0.15) is 0 Å². The summed E-state index contributed by atoms with van der Waals surface area (Å²) < 4.78 is 28.9. The highest BCUT2D eigenvalue weighted by Crippen LogP contribution is 2.30. The quantitative estimate of drug-likeness (QED) is 0.638. The van der Waals surface area contributed by atoms with Crippen LogP contribution < -0.4 is 4.72 Å². The zero-order valence-corrected chi connectivity index (χ0v) is 13.0. The van der Waals surface area contributed by atoms with Crippen molar-refractivity contribution in [1.29, 1.82) is 0 Å². The van der Waals surface area contributed by atoms with Gasteiger partial charge in [-0.3, -0.25) is 10.1 Å². The number of nitro groups is 1. The van der Waals surface area contributed by atoms with Gasteiger partial charge in [0.05, 0.1) is 11.3 Å². The Bertz CT molecular complexity index is 785. The molecule has 1 heterocycles. The van der Waals surface area contributed by atoms with Gasteiger partial charge in [-0.2, -0.15) is 0 Å². The van der Waals surface area contributed by atoms with Crippen molar-refractivity contribution in [3.05, 3.63) is 52.1 Å². The number of imidazole rings is 1. The summed E-state index contributed by atoms with van der Waals surface area (Å²) in [6.07, 6.45) is 4.85. The predicted molar refractivity (Wildman–Crippen MR) is 80.0 cm³/mol. The van der Waals surface area contributed by atoms with Crippen LogP contribution in [0.3, 0.4) is 0 Å². The normalized spacial score (nSPS) is 11.5. The van der Waals surface area contributed by atoms with Crippen LogP contribution in [-0.4, -0.2) is 29.4 Å². The standard InChI is InChI=1S/C13H16N4O4S/c1-10-3-4-11(2)13(12(10)17(18)19)22(20,21)15-6-8-16-7-5-14-9-16/h3-5,7,9,15H,6,8H2,1-2H3. The van der Waals surface area contributed by atoms with Gasteiger partial charge in [0, 0.05) is 31.0 Å². The first kappa shape index (κ1) is 16.1. The van der Waals surface area contributed by atoms with Crippen LogP contribution in [0.2, 0.25) is 0 Å². The van der Waals surface area contributed by atoms with Gasteiger partial charge in [-0.1, -0.05) is 12.1 Å². The first-order valence-corrected chi connectivity index (χ1v) is 8.01. The second-order valence-corrected chi connectivity index (χ2v) is 6.54. The minimum Gasteiger partial charge on any atom is -0.336 e. The molecule has 0 amide bonds. The molecule has 0 bridgehead atoms. The van der Waals surface area contributed by atoms with Crippen molar-refractivity contribution >= 4 is 15.7 Å². The molecule has 22 heavy (non-hydrogen) atoms. The number of hydrogen-bond donors (Lipinski definition) is 1. The summed E-state index contributed by atoms with van der Waals surface area (Å²) >= 11 is 0. The Labute approximate surface area is 128 Å². The van der Waals surface area contributed by atoms with Gasteiger partial charge in [0.25, 0.3) is 5.69 Å². The van der Waals surface area contributed by atoms with Crippen LogP contribution in [0, 0.1) is 24.0 Å². The van der Waals surface area contributed by atoms with Gasteiger partial charge in [-0.15, -0.1) is 0 Å². The van der Waals surface area contributed by atoms with Gasteiger partial charge in [-0.25, -0.2) is 18.1 Å². The summed E-state index contributed by atoms with van der Waals surface area (Å²) in [5.41, 5.74) is 0.271. The number of nitrogens with zero attached hydrogens (tertiary/aromatic N) is 3.